The molecule has 4 rings (SSSR count). The number of fused-ring (bicyclic) bond motifs is 1. The molecule has 0 spiro atoms. The first-order chi connectivity index (χ1) is 16.0. The highest BCUT2D eigenvalue weighted by Crippen LogP contribution is 2.36. The lowest BCUT2D eigenvalue weighted by molar-refractivity contribution is -0.125. The monoisotopic (exact) mass is 442 g/mol. The third kappa shape index (κ3) is 5.60. The maximum absolute atomic E-state index is 12.7. The standard InChI is InChI=1S/C27H26N2O4/c1-19-7-6-10-23(17-19)32-16-15-29-24-13-12-22(18-25(24)33-20(2)27(29)31)28-26(30)14-11-21-8-4-3-5-9-21/h3-14,17-18,20H,15-16H2,1-2H3,(H,28,30)/b14-11+. The Hall–Kier alpha value is -4.06. The molecule has 3 aromatic carbocycles. The van der Waals surface area contributed by atoms with Gasteiger partial charge < -0.3 is 19.7 Å². The molecule has 168 valence electrons. The largest absolute Gasteiger partial charge is 0.492 e. The lowest BCUT2D eigenvalue weighted by Gasteiger charge is -2.33. The van der Waals surface area contributed by atoms with E-state index in [1.54, 1.807) is 36.1 Å². The molecule has 1 atom stereocenters. The number of ether oxygens (including phenoxy) is 2. The van der Waals surface area contributed by atoms with Crippen molar-refractivity contribution in [3.63, 3.8) is 0 Å². The quantitative estimate of drug-likeness (QED) is 0.532. The van der Waals surface area contributed by atoms with Crippen molar-refractivity contribution in [3.05, 3.63) is 90.0 Å². The number of benzene rings is 3. The van der Waals surface area contributed by atoms with Crippen molar-refractivity contribution < 1.29 is 19.1 Å². The van der Waals surface area contributed by atoms with Crippen LogP contribution in [0.25, 0.3) is 6.08 Å². The summed E-state index contributed by atoms with van der Waals surface area (Å²) in [7, 11) is 0. The van der Waals surface area contributed by atoms with Crippen LogP contribution in [0.15, 0.2) is 78.9 Å². The second-order valence-electron chi connectivity index (χ2n) is 7.83. The van der Waals surface area contributed by atoms with Crippen LogP contribution in [-0.2, 0) is 9.59 Å². The number of nitrogens with zero attached hydrogens (tertiary/aromatic N) is 1. The first-order valence-corrected chi connectivity index (χ1v) is 10.9. The van der Waals surface area contributed by atoms with Gasteiger partial charge in [-0.1, -0.05) is 42.5 Å². The number of aryl methyl sites for hydroxylation is 1. The summed E-state index contributed by atoms with van der Waals surface area (Å²) in [5.74, 6) is 0.938. The molecular weight excluding hydrogens is 416 g/mol. The lowest BCUT2D eigenvalue weighted by Crippen LogP contribution is -2.46. The highest BCUT2D eigenvalue weighted by atomic mass is 16.5. The Morgan fingerprint density at radius 1 is 1.09 bits per heavy atom. The zero-order valence-corrected chi connectivity index (χ0v) is 18.7. The molecule has 0 saturated heterocycles. The predicted molar refractivity (Wildman–Crippen MR) is 130 cm³/mol. The molecule has 33 heavy (non-hydrogen) atoms. The maximum atomic E-state index is 12.7. The van der Waals surface area contributed by atoms with Crippen molar-refractivity contribution in [1.29, 1.82) is 0 Å². The van der Waals surface area contributed by atoms with E-state index >= 15 is 0 Å². The van der Waals surface area contributed by atoms with Crippen LogP contribution < -0.4 is 19.7 Å². The molecule has 6 nitrogen and oxygen atoms in total. The molecule has 0 aromatic heterocycles. The Morgan fingerprint density at radius 2 is 1.91 bits per heavy atom. The molecule has 1 N–H and O–H groups in total. The van der Waals surface area contributed by atoms with E-state index in [-0.39, 0.29) is 11.8 Å². The number of carbonyl (C=O) groups excluding carboxylic acids is 2. The van der Waals surface area contributed by atoms with Gasteiger partial charge in [-0.15, -0.1) is 0 Å². The third-order valence-corrected chi connectivity index (χ3v) is 5.24. The van der Waals surface area contributed by atoms with E-state index in [1.165, 1.54) is 6.08 Å². The summed E-state index contributed by atoms with van der Waals surface area (Å²) < 4.78 is 11.6. The number of nitrogens with one attached hydrogen (secondary N) is 1. The average Bonchev–Trinajstić information content (AvgIpc) is 2.81. The molecule has 3 aromatic rings. The summed E-state index contributed by atoms with van der Waals surface area (Å²) >= 11 is 0. The number of carbonyl (C=O) groups is 2. The van der Waals surface area contributed by atoms with Gasteiger partial charge in [0.25, 0.3) is 5.91 Å². The minimum Gasteiger partial charge on any atom is -0.492 e. The molecule has 0 bridgehead atoms. The van der Waals surface area contributed by atoms with Crippen LogP contribution in [-0.4, -0.2) is 31.1 Å². The normalized spacial score (nSPS) is 15.2. The molecule has 1 heterocycles. The number of rotatable bonds is 7. The lowest BCUT2D eigenvalue weighted by atomic mass is 10.1. The van der Waals surface area contributed by atoms with Crippen LogP contribution in [0.1, 0.15) is 18.1 Å². The zero-order valence-electron chi connectivity index (χ0n) is 18.7. The van der Waals surface area contributed by atoms with Crippen LogP contribution in [0, 0.1) is 6.92 Å². The Kier molecular flexibility index (Phi) is 6.74. The molecule has 0 saturated carbocycles. The van der Waals surface area contributed by atoms with Crippen molar-refractivity contribution in [2.24, 2.45) is 0 Å². The minimum atomic E-state index is -0.625. The second-order valence-corrected chi connectivity index (χ2v) is 7.83. The van der Waals surface area contributed by atoms with Crippen LogP contribution in [0.3, 0.4) is 0 Å². The molecule has 1 unspecified atom stereocenters. The van der Waals surface area contributed by atoms with Crippen molar-refractivity contribution in [2.45, 2.75) is 20.0 Å². The fourth-order valence-electron chi connectivity index (χ4n) is 3.60. The van der Waals surface area contributed by atoms with Gasteiger partial charge in [-0.2, -0.15) is 0 Å². The van der Waals surface area contributed by atoms with Gasteiger partial charge in [0, 0.05) is 17.8 Å². The maximum Gasteiger partial charge on any atom is 0.267 e. The van der Waals surface area contributed by atoms with Crippen molar-refractivity contribution in [2.75, 3.05) is 23.4 Å². The molecule has 0 aliphatic carbocycles. The molecule has 6 heteroatoms. The van der Waals surface area contributed by atoms with Gasteiger partial charge in [0.2, 0.25) is 5.91 Å². The van der Waals surface area contributed by atoms with E-state index in [9.17, 15) is 9.59 Å². The Morgan fingerprint density at radius 3 is 2.70 bits per heavy atom. The van der Waals surface area contributed by atoms with Gasteiger partial charge in [-0.3, -0.25) is 9.59 Å². The summed E-state index contributed by atoms with van der Waals surface area (Å²) in [6, 6.07) is 22.7. The summed E-state index contributed by atoms with van der Waals surface area (Å²) in [5, 5.41) is 2.84. The summed E-state index contributed by atoms with van der Waals surface area (Å²) in [6.45, 7) is 4.46. The van der Waals surface area contributed by atoms with E-state index in [0.29, 0.717) is 30.3 Å². The van der Waals surface area contributed by atoms with Gasteiger partial charge in [0.1, 0.15) is 18.1 Å². The third-order valence-electron chi connectivity index (χ3n) is 5.24. The second kappa shape index (κ2) is 10.0. The SMILES string of the molecule is Cc1cccc(OCCN2C(=O)C(C)Oc3cc(NC(=O)/C=C/c4ccccc4)ccc32)c1. The highest BCUT2D eigenvalue weighted by molar-refractivity contribution is 6.03. The zero-order chi connectivity index (χ0) is 23.2. The van der Waals surface area contributed by atoms with Gasteiger partial charge in [0.05, 0.1) is 12.2 Å². The number of amides is 2. The number of anilines is 2. The Labute approximate surface area is 193 Å². The molecule has 1 aliphatic heterocycles. The van der Waals surface area contributed by atoms with Crippen LogP contribution >= 0.6 is 0 Å². The summed E-state index contributed by atoms with van der Waals surface area (Å²) in [4.78, 5) is 26.7. The van der Waals surface area contributed by atoms with Gasteiger partial charge in [0.15, 0.2) is 6.10 Å². The fourth-order valence-corrected chi connectivity index (χ4v) is 3.60. The molecular formula is C27H26N2O4. The van der Waals surface area contributed by atoms with Crippen molar-refractivity contribution >= 4 is 29.3 Å². The number of hydrogen-bond donors (Lipinski definition) is 1. The molecule has 0 fully saturated rings. The van der Waals surface area contributed by atoms with Gasteiger partial charge in [-0.25, -0.2) is 0 Å². The van der Waals surface area contributed by atoms with Gasteiger partial charge >= 0.3 is 0 Å². The molecule has 1 aliphatic rings. The highest BCUT2D eigenvalue weighted by Gasteiger charge is 2.31. The van der Waals surface area contributed by atoms with Gasteiger partial charge in [-0.05, 0) is 55.3 Å². The van der Waals surface area contributed by atoms with Crippen LogP contribution in [0.4, 0.5) is 11.4 Å². The summed E-state index contributed by atoms with van der Waals surface area (Å²) in [5.41, 5.74) is 3.30. The first-order valence-electron chi connectivity index (χ1n) is 10.9. The predicted octanol–water partition coefficient (Wildman–Crippen LogP) is 4.84. The van der Waals surface area contributed by atoms with Crippen molar-refractivity contribution in [1.82, 2.24) is 0 Å². The van der Waals surface area contributed by atoms with E-state index in [0.717, 1.165) is 16.9 Å². The Balaban J connectivity index is 1.43. The van der Waals surface area contributed by atoms with E-state index < -0.39 is 6.10 Å². The fraction of sp³-hybridized carbons (Fsp3) is 0.185. The van der Waals surface area contributed by atoms with Crippen LogP contribution in [0.2, 0.25) is 0 Å². The van der Waals surface area contributed by atoms with Crippen LogP contribution in [0.5, 0.6) is 11.5 Å². The molecule has 2 amide bonds. The van der Waals surface area contributed by atoms with Crippen molar-refractivity contribution in [3.8, 4) is 11.5 Å². The van der Waals surface area contributed by atoms with E-state index in [4.69, 9.17) is 9.47 Å². The topological polar surface area (TPSA) is 67.9 Å². The smallest absolute Gasteiger partial charge is 0.267 e. The van der Waals surface area contributed by atoms with E-state index in [2.05, 4.69) is 5.32 Å². The van der Waals surface area contributed by atoms with E-state index in [1.807, 2.05) is 61.5 Å². The average molecular weight is 443 g/mol. The first kappa shape index (κ1) is 22.1. The number of hydrogen-bond acceptors (Lipinski definition) is 4. The minimum absolute atomic E-state index is 0.127. The Bertz CT molecular complexity index is 1170. The summed E-state index contributed by atoms with van der Waals surface area (Å²) in [6.07, 6.45) is 2.61. The molecule has 0 radical (unpaired) electrons.